The molecule has 0 bridgehead atoms. The summed E-state index contributed by atoms with van der Waals surface area (Å²) in [7, 11) is 1.54. The molecule has 0 radical (unpaired) electrons. The van der Waals surface area contributed by atoms with Crippen LogP contribution in [0.25, 0.3) is 11.1 Å². The third kappa shape index (κ3) is 2.69. The van der Waals surface area contributed by atoms with Crippen molar-refractivity contribution < 1.29 is 18.3 Å². The highest BCUT2D eigenvalue weighted by Gasteiger charge is 2.33. The van der Waals surface area contributed by atoms with E-state index in [2.05, 4.69) is 0 Å². The maximum atomic E-state index is 13.7. The molecule has 2 aromatic rings. The van der Waals surface area contributed by atoms with Crippen molar-refractivity contribution in [2.45, 2.75) is 12.8 Å². The number of hydrogen-bond acceptors (Lipinski definition) is 2. The van der Waals surface area contributed by atoms with E-state index in [1.807, 2.05) is 6.92 Å². The number of rotatable bonds is 4. The molecule has 0 saturated carbocycles. The van der Waals surface area contributed by atoms with Gasteiger partial charge in [-0.1, -0.05) is 35.9 Å². The summed E-state index contributed by atoms with van der Waals surface area (Å²) in [5.41, 5.74) is 1.53. The molecule has 0 aromatic heterocycles. The van der Waals surface area contributed by atoms with Gasteiger partial charge in [0.15, 0.2) is 6.29 Å². The fraction of sp³-hybridized carbons (Fsp3) is 0.188. The van der Waals surface area contributed by atoms with E-state index in [4.69, 9.17) is 4.74 Å². The first kappa shape index (κ1) is 14.2. The van der Waals surface area contributed by atoms with Gasteiger partial charge in [0, 0.05) is 5.56 Å². The summed E-state index contributed by atoms with van der Waals surface area (Å²) in [6.07, 6.45) is -0.329. The van der Waals surface area contributed by atoms with Gasteiger partial charge in [-0.15, -0.1) is 0 Å². The maximum Gasteiger partial charge on any atom is 0.328 e. The summed E-state index contributed by atoms with van der Waals surface area (Å²) < 4.78 is 32.5. The van der Waals surface area contributed by atoms with Gasteiger partial charge < -0.3 is 4.74 Å². The largest absolute Gasteiger partial charge is 0.497 e. The summed E-state index contributed by atoms with van der Waals surface area (Å²) >= 11 is 0. The number of benzene rings is 2. The Morgan fingerprint density at radius 1 is 1.10 bits per heavy atom. The van der Waals surface area contributed by atoms with Crippen LogP contribution >= 0.6 is 0 Å². The van der Waals surface area contributed by atoms with E-state index in [0.29, 0.717) is 16.9 Å². The van der Waals surface area contributed by atoms with Crippen LogP contribution in [0.2, 0.25) is 0 Å². The molecule has 0 atom stereocenters. The van der Waals surface area contributed by atoms with E-state index >= 15 is 0 Å². The number of hydrogen-bond donors (Lipinski definition) is 0. The van der Waals surface area contributed by atoms with Crippen LogP contribution in [0.15, 0.2) is 42.5 Å². The van der Waals surface area contributed by atoms with Crippen LogP contribution in [0.4, 0.5) is 8.78 Å². The molecule has 0 unspecified atom stereocenters. The Bertz CT molecular complexity index is 619. The van der Waals surface area contributed by atoms with Crippen molar-refractivity contribution in [2.24, 2.45) is 0 Å². The Hall–Kier alpha value is -2.23. The average molecular weight is 276 g/mol. The number of alkyl halides is 2. The molecule has 0 heterocycles. The van der Waals surface area contributed by atoms with E-state index in [1.54, 1.807) is 36.4 Å². The van der Waals surface area contributed by atoms with E-state index < -0.39 is 5.92 Å². The molecule has 0 N–H and O–H groups in total. The monoisotopic (exact) mass is 276 g/mol. The number of aldehydes is 1. The van der Waals surface area contributed by atoms with Crippen LogP contribution in [-0.2, 0) is 10.7 Å². The first-order valence-electron chi connectivity index (χ1n) is 6.07. The molecule has 2 rings (SSSR count). The molecule has 2 nitrogen and oxygen atoms in total. The molecule has 0 saturated heterocycles. The molecule has 20 heavy (non-hydrogen) atoms. The van der Waals surface area contributed by atoms with Crippen LogP contribution in [-0.4, -0.2) is 13.4 Å². The number of carbonyl (C=O) groups excluding carboxylic acids is 1. The van der Waals surface area contributed by atoms with E-state index in [-0.39, 0.29) is 11.8 Å². The van der Waals surface area contributed by atoms with Crippen molar-refractivity contribution in [2.75, 3.05) is 7.11 Å². The summed E-state index contributed by atoms with van der Waals surface area (Å²) in [6.45, 7) is 1.82. The van der Waals surface area contributed by atoms with Crippen molar-refractivity contribution >= 4 is 6.29 Å². The lowest BCUT2D eigenvalue weighted by Gasteiger charge is -2.16. The van der Waals surface area contributed by atoms with Gasteiger partial charge in [0.1, 0.15) is 5.75 Å². The molecule has 0 aliphatic heterocycles. The van der Waals surface area contributed by atoms with Gasteiger partial charge >= 0.3 is 5.92 Å². The van der Waals surface area contributed by atoms with E-state index in [1.165, 1.54) is 13.2 Å². The SMILES string of the molecule is COc1ccc(-c2cc(C)ccc2C(F)(F)C=O)cc1. The number of methoxy groups -OCH3 is 1. The van der Waals surface area contributed by atoms with Gasteiger partial charge in [-0.05, 0) is 30.2 Å². The fourth-order valence-corrected chi connectivity index (χ4v) is 2.02. The average Bonchev–Trinajstić information content (AvgIpc) is 2.47. The van der Waals surface area contributed by atoms with Crippen LogP contribution in [0.1, 0.15) is 11.1 Å². The lowest BCUT2D eigenvalue weighted by Crippen LogP contribution is -2.16. The second-order valence-electron chi connectivity index (χ2n) is 4.52. The highest BCUT2D eigenvalue weighted by molar-refractivity contribution is 5.75. The van der Waals surface area contributed by atoms with E-state index in [9.17, 15) is 13.6 Å². The van der Waals surface area contributed by atoms with Crippen LogP contribution in [0.3, 0.4) is 0 Å². The third-order valence-corrected chi connectivity index (χ3v) is 3.08. The Balaban J connectivity index is 2.59. The summed E-state index contributed by atoms with van der Waals surface area (Å²) in [4.78, 5) is 10.6. The highest BCUT2D eigenvalue weighted by atomic mass is 19.3. The normalized spacial score (nSPS) is 11.2. The first-order valence-corrected chi connectivity index (χ1v) is 6.07. The van der Waals surface area contributed by atoms with E-state index in [0.717, 1.165) is 5.56 Å². The van der Waals surface area contributed by atoms with Gasteiger partial charge in [0.25, 0.3) is 0 Å². The summed E-state index contributed by atoms with van der Waals surface area (Å²) in [5.74, 6) is -2.85. The highest BCUT2D eigenvalue weighted by Crippen LogP contribution is 2.35. The number of carbonyl (C=O) groups is 1. The predicted molar refractivity (Wildman–Crippen MR) is 73.1 cm³/mol. The molecule has 104 valence electrons. The Labute approximate surface area is 116 Å². The van der Waals surface area contributed by atoms with Crippen LogP contribution < -0.4 is 4.74 Å². The quantitative estimate of drug-likeness (QED) is 0.790. The van der Waals surface area contributed by atoms with Crippen molar-refractivity contribution in [1.82, 2.24) is 0 Å². The zero-order valence-corrected chi connectivity index (χ0v) is 11.2. The first-order chi connectivity index (χ1) is 9.47. The molecule has 0 aliphatic rings. The Morgan fingerprint density at radius 2 is 1.75 bits per heavy atom. The molecule has 2 aromatic carbocycles. The van der Waals surface area contributed by atoms with Crippen molar-refractivity contribution in [1.29, 1.82) is 0 Å². The smallest absolute Gasteiger partial charge is 0.328 e. The van der Waals surface area contributed by atoms with Crippen molar-refractivity contribution in [3.05, 3.63) is 53.6 Å². The maximum absolute atomic E-state index is 13.7. The van der Waals surface area contributed by atoms with Crippen LogP contribution in [0.5, 0.6) is 5.75 Å². The predicted octanol–water partition coefficient (Wildman–Crippen LogP) is 3.96. The minimum absolute atomic E-state index is 0.289. The van der Waals surface area contributed by atoms with Gasteiger partial charge in [-0.25, -0.2) is 0 Å². The minimum Gasteiger partial charge on any atom is -0.497 e. The summed E-state index contributed by atoms with van der Waals surface area (Å²) in [6, 6.07) is 11.3. The topological polar surface area (TPSA) is 26.3 Å². The standard InChI is InChI=1S/C16H14F2O2/c1-11-3-8-15(16(17,18)10-19)14(9-11)12-4-6-13(20-2)7-5-12/h3-10H,1-2H3. The molecular formula is C16H14F2O2. The zero-order valence-electron chi connectivity index (χ0n) is 11.2. The second kappa shape index (κ2) is 5.41. The molecule has 0 aliphatic carbocycles. The number of halogens is 2. The fourth-order valence-electron chi connectivity index (χ4n) is 2.02. The number of ether oxygens (including phenoxy) is 1. The summed E-state index contributed by atoms with van der Waals surface area (Å²) in [5, 5.41) is 0. The third-order valence-electron chi connectivity index (χ3n) is 3.08. The molecule has 0 spiro atoms. The molecule has 4 heteroatoms. The lowest BCUT2D eigenvalue weighted by atomic mass is 9.94. The van der Waals surface area contributed by atoms with Gasteiger partial charge in [0.05, 0.1) is 7.11 Å². The van der Waals surface area contributed by atoms with Gasteiger partial charge in [0.2, 0.25) is 0 Å². The molecule has 0 amide bonds. The van der Waals surface area contributed by atoms with Gasteiger partial charge in [-0.2, -0.15) is 8.78 Å². The van der Waals surface area contributed by atoms with Gasteiger partial charge in [-0.3, -0.25) is 4.79 Å². The molecular weight excluding hydrogens is 262 g/mol. The van der Waals surface area contributed by atoms with Crippen molar-refractivity contribution in [3.63, 3.8) is 0 Å². The lowest BCUT2D eigenvalue weighted by molar-refractivity contribution is -0.130. The Kier molecular flexibility index (Phi) is 3.84. The zero-order chi connectivity index (χ0) is 14.8. The van der Waals surface area contributed by atoms with Crippen LogP contribution in [0, 0.1) is 6.92 Å². The second-order valence-corrected chi connectivity index (χ2v) is 4.52. The minimum atomic E-state index is -3.50. The Morgan fingerprint density at radius 3 is 2.30 bits per heavy atom. The molecule has 0 fully saturated rings. The van der Waals surface area contributed by atoms with Crippen molar-refractivity contribution in [3.8, 4) is 16.9 Å². The number of aryl methyl sites for hydroxylation is 1.